The number of nitrogens with two attached hydrogens (primary N) is 1. The van der Waals surface area contributed by atoms with Crippen LogP contribution in [0.4, 0.5) is 0 Å². The van der Waals surface area contributed by atoms with E-state index in [1.807, 2.05) is 22.8 Å². The number of carbonyl (C=O) groups excluding carboxylic acids is 2. The Bertz CT molecular complexity index is 727. The molecular weight excluding hydrogens is 366 g/mol. The molecule has 148 valence electrons. The number of amides is 2. The number of hydrogen-bond donors (Lipinski definition) is 1. The molecule has 0 bridgehead atoms. The highest BCUT2D eigenvalue weighted by Gasteiger charge is 2.43. The van der Waals surface area contributed by atoms with Crippen LogP contribution in [0.25, 0.3) is 0 Å². The Labute approximate surface area is 163 Å². The largest absolute Gasteiger partial charge is 0.375 e. The number of carbonyl (C=O) groups is 2. The van der Waals surface area contributed by atoms with Crippen LogP contribution in [0, 0.1) is 0 Å². The summed E-state index contributed by atoms with van der Waals surface area (Å²) < 4.78 is 11.8. The summed E-state index contributed by atoms with van der Waals surface area (Å²) in [6.45, 7) is 5.89. The van der Waals surface area contributed by atoms with Crippen LogP contribution in [0.3, 0.4) is 0 Å². The standard InChI is InChI=1S/C19H27N3O4S/c1-13-12-22(7-9-25-13)18(24)16-10-14-15(27-16)2-8-26-19(14)3-5-21(6-4-19)17(23)11-20/h10,13H,2-9,11-12,20H2,1H3. The van der Waals surface area contributed by atoms with Gasteiger partial charge in [0.15, 0.2) is 0 Å². The van der Waals surface area contributed by atoms with Gasteiger partial charge in [0.1, 0.15) is 0 Å². The van der Waals surface area contributed by atoms with Crippen LogP contribution in [0.1, 0.15) is 39.9 Å². The highest BCUT2D eigenvalue weighted by Crippen LogP contribution is 2.44. The molecule has 0 aromatic carbocycles. The van der Waals surface area contributed by atoms with E-state index in [2.05, 4.69) is 0 Å². The van der Waals surface area contributed by atoms with Crippen LogP contribution in [-0.4, -0.2) is 73.7 Å². The van der Waals surface area contributed by atoms with Crippen molar-refractivity contribution in [2.24, 2.45) is 5.73 Å². The van der Waals surface area contributed by atoms with Crippen molar-refractivity contribution in [2.75, 3.05) is 45.9 Å². The van der Waals surface area contributed by atoms with E-state index >= 15 is 0 Å². The molecule has 1 aromatic rings. The zero-order valence-corrected chi connectivity index (χ0v) is 16.6. The lowest BCUT2D eigenvalue weighted by Gasteiger charge is -2.44. The molecule has 1 spiro atoms. The molecule has 2 saturated heterocycles. The number of hydrogen-bond acceptors (Lipinski definition) is 6. The van der Waals surface area contributed by atoms with E-state index < -0.39 is 0 Å². The maximum atomic E-state index is 13.0. The van der Waals surface area contributed by atoms with Crippen molar-refractivity contribution in [2.45, 2.75) is 37.9 Å². The van der Waals surface area contributed by atoms with E-state index in [-0.39, 0.29) is 30.1 Å². The molecule has 1 atom stereocenters. The molecule has 2 N–H and O–H groups in total. The molecule has 27 heavy (non-hydrogen) atoms. The molecule has 0 radical (unpaired) electrons. The molecule has 4 rings (SSSR count). The third kappa shape index (κ3) is 3.51. The number of rotatable bonds is 2. The van der Waals surface area contributed by atoms with Crippen LogP contribution in [-0.2, 0) is 26.3 Å². The third-order valence-electron chi connectivity index (χ3n) is 5.84. The van der Waals surface area contributed by atoms with Gasteiger partial charge in [-0.2, -0.15) is 0 Å². The molecule has 2 fully saturated rings. The summed E-state index contributed by atoms with van der Waals surface area (Å²) in [6.07, 6.45) is 2.44. The van der Waals surface area contributed by atoms with E-state index in [0.29, 0.717) is 39.4 Å². The predicted octanol–water partition coefficient (Wildman–Crippen LogP) is 0.958. The number of fused-ring (bicyclic) bond motifs is 2. The molecule has 8 heteroatoms. The Kier molecular flexibility index (Phi) is 5.24. The Morgan fingerprint density at radius 1 is 1.26 bits per heavy atom. The summed E-state index contributed by atoms with van der Waals surface area (Å²) in [5.74, 6) is 0.0824. The van der Waals surface area contributed by atoms with Gasteiger partial charge in [-0.05, 0) is 31.4 Å². The number of likely N-dealkylation sites (tertiary alicyclic amines) is 1. The number of piperidine rings is 1. The zero-order chi connectivity index (χ0) is 19.0. The molecule has 1 aromatic heterocycles. The number of nitrogens with zero attached hydrogens (tertiary/aromatic N) is 2. The Morgan fingerprint density at radius 3 is 2.74 bits per heavy atom. The van der Waals surface area contributed by atoms with Gasteiger partial charge in [-0.3, -0.25) is 9.59 Å². The summed E-state index contributed by atoms with van der Waals surface area (Å²) in [6, 6.07) is 2.04. The van der Waals surface area contributed by atoms with Crippen LogP contribution in [0.2, 0.25) is 0 Å². The predicted molar refractivity (Wildman–Crippen MR) is 102 cm³/mol. The molecule has 3 aliphatic heterocycles. The fourth-order valence-electron chi connectivity index (χ4n) is 4.34. The van der Waals surface area contributed by atoms with Gasteiger partial charge in [0.25, 0.3) is 5.91 Å². The second-order valence-electron chi connectivity index (χ2n) is 7.56. The van der Waals surface area contributed by atoms with E-state index in [0.717, 1.165) is 29.7 Å². The average molecular weight is 394 g/mol. The minimum Gasteiger partial charge on any atom is -0.375 e. The quantitative estimate of drug-likeness (QED) is 0.809. The molecule has 1 unspecified atom stereocenters. The second kappa shape index (κ2) is 7.50. The van der Waals surface area contributed by atoms with Crippen molar-refractivity contribution in [3.05, 3.63) is 21.4 Å². The van der Waals surface area contributed by atoms with Gasteiger partial charge in [0.05, 0.1) is 36.3 Å². The van der Waals surface area contributed by atoms with Gasteiger partial charge in [-0.15, -0.1) is 11.3 Å². The molecule has 7 nitrogen and oxygen atoms in total. The van der Waals surface area contributed by atoms with Gasteiger partial charge in [-0.25, -0.2) is 0 Å². The lowest BCUT2D eigenvalue weighted by atomic mass is 9.82. The number of morpholine rings is 1. The minimum atomic E-state index is -0.369. The van der Waals surface area contributed by atoms with Gasteiger partial charge in [-0.1, -0.05) is 0 Å². The van der Waals surface area contributed by atoms with Crippen molar-refractivity contribution in [1.29, 1.82) is 0 Å². The van der Waals surface area contributed by atoms with Crippen LogP contribution in [0.5, 0.6) is 0 Å². The van der Waals surface area contributed by atoms with Crippen molar-refractivity contribution in [3.63, 3.8) is 0 Å². The van der Waals surface area contributed by atoms with E-state index in [1.54, 1.807) is 11.3 Å². The highest BCUT2D eigenvalue weighted by atomic mass is 32.1. The molecule has 4 heterocycles. The summed E-state index contributed by atoms with van der Waals surface area (Å²) >= 11 is 1.60. The molecular formula is C19H27N3O4S. The molecule has 2 amide bonds. The van der Waals surface area contributed by atoms with Crippen LogP contribution < -0.4 is 5.73 Å². The van der Waals surface area contributed by atoms with E-state index in [4.69, 9.17) is 15.2 Å². The van der Waals surface area contributed by atoms with Crippen molar-refractivity contribution in [3.8, 4) is 0 Å². The summed E-state index contributed by atoms with van der Waals surface area (Å²) in [5, 5.41) is 0. The van der Waals surface area contributed by atoms with Gasteiger partial charge < -0.3 is 25.0 Å². The van der Waals surface area contributed by atoms with E-state index in [1.165, 1.54) is 4.88 Å². The molecule has 3 aliphatic rings. The lowest BCUT2D eigenvalue weighted by Crippen LogP contribution is -2.49. The maximum Gasteiger partial charge on any atom is 0.264 e. The van der Waals surface area contributed by atoms with E-state index in [9.17, 15) is 9.59 Å². The molecule has 0 saturated carbocycles. The first-order chi connectivity index (χ1) is 13.0. The highest BCUT2D eigenvalue weighted by molar-refractivity contribution is 7.14. The normalized spacial score (nSPS) is 24.7. The summed E-state index contributed by atoms with van der Waals surface area (Å²) in [4.78, 5) is 30.6. The smallest absolute Gasteiger partial charge is 0.264 e. The maximum absolute atomic E-state index is 13.0. The fourth-order valence-corrected chi connectivity index (χ4v) is 5.54. The fraction of sp³-hybridized carbons (Fsp3) is 0.684. The van der Waals surface area contributed by atoms with Gasteiger partial charge in [0, 0.05) is 37.5 Å². The monoisotopic (exact) mass is 393 g/mol. The van der Waals surface area contributed by atoms with Crippen LogP contribution in [0.15, 0.2) is 6.07 Å². The first-order valence-corrected chi connectivity index (χ1v) is 10.5. The lowest BCUT2D eigenvalue weighted by molar-refractivity contribution is -0.139. The van der Waals surface area contributed by atoms with Crippen molar-refractivity contribution >= 4 is 23.2 Å². The second-order valence-corrected chi connectivity index (χ2v) is 8.69. The Balaban J connectivity index is 1.54. The van der Waals surface area contributed by atoms with Crippen molar-refractivity contribution < 1.29 is 19.1 Å². The minimum absolute atomic E-state index is 0.0106. The Morgan fingerprint density at radius 2 is 2.04 bits per heavy atom. The van der Waals surface area contributed by atoms with Gasteiger partial charge in [0.2, 0.25) is 5.91 Å². The first kappa shape index (κ1) is 18.9. The summed E-state index contributed by atoms with van der Waals surface area (Å²) in [7, 11) is 0. The Hall–Kier alpha value is -1.48. The third-order valence-corrected chi connectivity index (χ3v) is 7.03. The average Bonchev–Trinajstić information content (AvgIpc) is 3.13. The number of ether oxygens (including phenoxy) is 2. The SMILES string of the molecule is CC1CN(C(=O)c2cc3c(s2)CCOC32CCN(C(=O)CN)CC2)CCO1. The van der Waals surface area contributed by atoms with Gasteiger partial charge >= 0.3 is 0 Å². The molecule has 0 aliphatic carbocycles. The number of thiophene rings is 1. The summed E-state index contributed by atoms with van der Waals surface area (Å²) in [5.41, 5.74) is 6.28. The van der Waals surface area contributed by atoms with Crippen LogP contribution >= 0.6 is 11.3 Å². The topological polar surface area (TPSA) is 85.1 Å². The first-order valence-electron chi connectivity index (χ1n) is 9.68. The van der Waals surface area contributed by atoms with Crippen molar-refractivity contribution in [1.82, 2.24) is 9.80 Å². The zero-order valence-electron chi connectivity index (χ0n) is 15.7.